The predicted octanol–water partition coefficient (Wildman–Crippen LogP) is 3.85. The molecular weight excluding hydrogens is 546 g/mol. The van der Waals surface area contributed by atoms with E-state index in [2.05, 4.69) is 25.4 Å². The number of aromatic nitrogens is 6. The number of rotatable bonds is 9. The molecule has 0 bridgehead atoms. The lowest BCUT2D eigenvalue weighted by Gasteiger charge is -2.20. The molecule has 1 aliphatic rings. The molecule has 1 fully saturated rings. The van der Waals surface area contributed by atoms with Gasteiger partial charge in [0.05, 0.1) is 32.6 Å². The molecule has 5 aromatic rings. The van der Waals surface area contributed by atoms with Gasteiger partial charge in [-0.25, -0.2) is 4.98 Å². The van der Waals surface area contributed by atoms with Gasteiger partial charge in [-0.05, 0) is 59.5 Å². The Morgan fingerprint density at radius 3 is 2.17 bits per heavy atom. The highest BCUT2D eigenvalue weighted by Crippen LogP contribution is 2.40. The van der Waals surface area contributed by atoms with Crippen LogP contribution in [-0.4, -0.2) is 72.5 Å². The van der Waals surface area contributed by atoms with Gasteiger partial charge < -0.3 is 29.6 Å². The van der Waals surface area contributed by atoms with E-state index in [0.717, 1.165) is 22.6 Å². The van der Waals surface area contributed by atoms with Crippen LogP contribution in [0.3, 0.4) is 0 Å². The summed E-state index contributed by atoms with van der Waals surface area (Å²) in [6, 6.07) is 16.8. The van der Waals surface area contributed by atoms with E-state index in [4.69, 9.17) is 21.1 Å². The minimum absolute atomic E-state index is 0.0423. The third-order valence-electron chi connectivity index (χ3n) is 7.75. The van der Waals surface area contributed by atoms with Crippen molar-refractivity contribution in [1.29, 1.82) is 0 Å². The van der Waals surface area contributed by atoms with Crippen molar-refractivity contribution in [2.24, 2.45) is 0 Å². The van der Waals surface area contributed by atoms with E-state index in [9.17, 15) is 10.2 Å². The SMILES string of the molecule is COc1ccc(C(CNc2nc(Cl)nc3c2ncn3[C@@H]2C[C@H](n3cccn3)[C@@H](O)[C@H]2O)c2ccc(OC)cc2)cc1. The molecule has 0 radical (unpaired) electrons. The van der Waals surface area contributed by atoms with Crippen LogP contribution in [0, 0.1) is 0 Å². The first-order valence-corrected chi connectivity index (χ1v) is 13.6. The second-order valence-electron chi connectivity index (χ2n) is 9.98. The maximum atomic E-state index is 10.9. The number of hydrogen-bond acceptors (Lipinski definition) is 9. The van der Waals surface area contributed by atoms with Gasteiger partial charge in [0.15, 0.2) is 17.0 Å². The lowest BCUT2D eigenvalue weighted by atomic mass is 9.91. The lowest BCUT2D eigenvalue weighted by molar-refractivity contribution is 0.00722. The Hall–Kier alpha value is -4.19. The molecule has 3 N–H and O–H groups in total. The van der Waals surface area contributed by atoms with Gasteiger partial charge in [0.2, 0.25) is 5.28 Å². The van der Waals surface area contributed by atoms with Crippen molar-refractivity contribution in [3.05, 3.63) is 89.7 Å². The van der Waals surface area contributed by atoms with E-state index in [-0.39, 0.29) is 17.2 Å². The Balaban J connectivity index is 1.30. The number of halogens is 1. The number of hydrogen-bond donors (Lipinski definition) is 3. The standard InChI is InChI=1S/C29H30ClN7O4/c1-40-19-8-4-17(5-9-19)21(18-6-10-20(41-2)11-7-18)15-31-27-24-28(35-29(30)34-27)36(16-32-24)22-14-23(26(39)25(22)38)37-13-3-12-33-37/h3-13,16,21-23,25-26,38-39H,14-15H2,1-2H3,(H,31,34,35)/t22-,23+,25+,26-/m1/s1. The van der Waals surface area contributed by atoms with Crippen LogP contribution in [0.15, 0.2) is 73.3 Å². The van der Waals surface area contributed by atoms with Crippen LogP contribution in [-0.2, 0) is 0 Å². The summed E-state index contributed by atoms with van der Waals surface area (Å²) >= 11 is 6.39. The Morgan fingerprint density at radius 2 is 1.59 bits per heavy atom. The summed E-state index contributed by atoms with van der Waals surface area (Å²) in [6.07, 6.45) is 3.44. The quantitative estimate of drug-likeness (QED) is 0.224. The number of aliphatic hydroxyl groups excluding tert-OH is 2. The average Bonchev–Trinajstić information content (AvgIpc) is 3.74. The molecule has 3 aromatic heterocycles. The molecule has 1 saturated carbocycles. The Kier molecular flexibility index (Phi) is 7.48. The maximum absolute atomic E-state index is 10.9. The van der Waals surface area contributed by atoms with E-state index in [1.54, 1.807) is 48.3 Å². The normalized spacial score (nSPS) is 20.5. The molecule has 0 spiro atoms. The summed E-state index contributed by atoms with van der Waals surface area (Å²) in [5.74, 6) is 1.99. The fourth-order valence-corrected chi connectivity index (χ4v) is 5.72. The molecule has 212 valence electrons. The molecule has 11 nitrogen and oxygen atoms in total. The van der Waals surface area contributed by atoms with E-state index in [1.165, 1.54) is 0 Å². The van der Waals surface area contributed by atoms with E-state index in [0.29, 0.717) is 29.9 Å². The molecule has 0 amide bonds. The third kappa shape index (κ3) is 5.19. The van der Waals surface area contributed by atoms with Crippen LogP contribution >= 0.6 is 11.6 Å². The summed E-state index contributed by atoms with van der Waals surface area (Å²) in [5.41, 5.74) is 3.15. The van der Waals surface area contributed by atoms with Gasteiger partial charge >= 0.3 is 0 Å². The van der Waals surface area contributed by atoms with Gasteiger partial charge in [0, 0.05) is 24.9 Å². The summed E-state index contributed by atoms with van der Waals surface area (Å²) < 4.78 is 14.1. The second kappa shape index (κ2) is 11.4. The number of ether oxygens (including phenoxy) is 2. The summed E-state index contributed by atoms with van der Waals surface area (Å²) in [6.45, 7) is 0.486. The molecular formula is C29H30ClN7O4. The Labute approximate surface area is 241 Å². The van der Waals surface area contributed by atoms with Crippen molar-refractivity contribution in [2.75, 3.05) is 26.1 Å². The topological polar surface area (TPSA) is 132 Å². The first-order chi connectivity index (χ1) is 20.0. The van der Waals surface area contributed by atoms with Crippen molar-refractivity contribution in [3.8, 4) is 11.5 Å². The summed E-state index contributed by atoms with van der Waals surface area (Å²) in [7, 11) is 3.28. The Morgan fingerprint density at radius 1 is 0.951 bits per heavy atom. The molecule has 0 saturated heterocycles. The average molecular weight is 576 g/mol. The number of benzene rings is 2. The first kappa shape index (κ1) is 27.0. The number of nitrogens with zero attached hydrogens (tertiary/aromatic N) is 6. The van der Waals surface area contributed by atoms with Gasteiger partial charge in [0.1, 0.15) is 23.7 Å². The number of fused-ring (bicyclic) bond motifs is 1. The van der Waals surface area contributed by atoms with Gasteiger partial charge in [-0.1, -0.05) is 24.3 Å². The third-order valence-corrected chi connectivity index (χ3v) is 7.92. The van der Waals surface area contributed by atoms with Crippen LogP contribution in [0.25, 0.3) is 11.2 Å². The molecule has 41 heavy (non-hydrogen) atoms. The smallest absolute Gasteiger partial charge is 0.226 e. The lowest BCUT2D eigenvalue weighted by Crippen LogP contribution is -2.30. The number of aliphatic hydroxyl groups is 2. The van der Waals surface area contributed by atoms with Crippen LogP contribution in [0.5, 0.6) is 11.5 Å². The predicted molar refractivity (Wildman–Crippen MR) is 154 cm³/mol. The second-order valence-corrected chi connectivity index (χ2v) is 10.3. The summed E-state index contributed by atoms with van der Waals surface area (Å²) in [4.78, 5) is 13.5. The van der Waals surface area contributed by atoms with E-state index < -0.39 is 18.2 Å². The van der Waals surface area contributed by atoms with Crippen LogP contribution < -0.4 is 14.8 Å². The van der Waals surface area contributed by atoms with Crippen LogP contribution in [0.2, 0.25) is 5.28 Å². The van der Waals surface area contributed by atoms with Crippen molar-refractivity contribution >= 4 is 28.6 Å². The highest BCUT2D eigenvalue weighted by molar-refractivity contribution is 6.28. The molecule has 2 aromatic carbocycles. The molecule has 6 rings (SSSR count). The van der Waals surface area contributed by atoms with Gasteiger partial charge in [-0.2, -0.15) is 15.1 Å². The van der Waals surface area contributed by atoms with Crippen molar-refractivity contribution in [2.45, 2.75) is 36.6 Å². The summed E-state index contributed by atoms with van der Waals surface area (Å²) in [5, 5.41) is 29.5. The molecule has 3 heterocycles. The largest absolute Gasteiger partial charge is 0.497 e. The molecule has 0 unspecified atom stereocenters. The van der Waals surface area contributed by atoms with E-state index in [1.807, 2.05) is 48.5 Å². The number of imidazole rings is 1. The fourth-order valence-electron chi connectivity index (χ4n) is 5.56. The zero-order chi connectivity index (χ0) is 28.5. The first-order valence-electron chi connectivity index (χ1n) is 13.2. The van der Waals surface area contributed by atoms with Gasteiger partial charge in [-0.15, -0.1) is 0 Å². The molecule has 1 aliphatic carbocycles. The zero-order valence-corrected chi connectivity index (χ0v) is 23.3. The monoisotopic (exact) mass is 575 g/mol. The zero-order valence-electron chi connectivity index (χ0n) is 22.5. The molecule has 4 atom stereocenters. The maximum Gasteiger partial charge on any atom is 0.226 e. The highest BCUT2D eigenvalue weighted by Gasteiger charge is 2.44. The fraction of sp³-hybridized carbons (Fsp3) is 0.310. The minimum Gasteiger partial charge on any atom is -0.497 e. The van der Waals surface area contributed by atoms with Crippen molar-refractivity contribution < 1.29 is 19.7 Å². The van der Waals surface area contributed by atoms with E-state index >= 15 is 0 Å². The van der Waals surface area contributed by atoms with Gasteiger partial charge in [0.25, 0.3) is 0 Å². The van der Waals surface area contributed by atoms with Gasteiger partial charge in [-0.3, -0.25) is 4.68 Å². The van der Waals surface area contributed by atoms with Crippen molar-refractivity contribution in [1.82, 2.24) is 29.3 Å². The van der Waals surface area contributed by atoms with Crippen LogP contribution in [0.1, 0.15) is 35.5 Å². The number of nitrogens with one attached hydrogen (secondary N) is 1. The molecule has 12 heteroatoms. The molecule has 0 aliphatic heterocycles. The Bertz CT molecular complexity index is 1560. The van der Waals surface area contributed by atoms with Crippen molar-refractivity contribution in [3.63, 3.8) is 0 Å². The number of anilines is 1. The minimum atomic E-state index is -1.04. The highest BCUT2D eigenvalue weighted by atomic mass is 35.5. The van der Waals surface area contributed by atoms with Crippen LogP contribution in [0.4, 0.5) is 5.82 Å². The number of methoxy groups -OCH3 is 2.